The Morgan fingerprint density at radius 1 is 1.64 bits per heavy atom. The van der Waals surface area contributed by atoms with Gasteiger partial charge in [0.2, 0.25) is 0 Å². The van der Waals surface area contributed by atoms with E-state index in [0.717, 1.165) is 0 Å². The van der Waals surface area contributed by atoms with Gasteiger partial charge in [0.1, 0.15) is 0 Å². The zero-order valence-corrected chi connectivity index (χ0v) is 6.71. The summed E-state index contributed by atoms with van der Waals surface area (Å²) >= 11 is 0. The number of hydrogen-bond acceptors (Lipinski definition) is 2. The molecule has 11 heavy (non-hydrogen) atoms. The number of carboxylic acids is 1. The molecule has 0 bridgehead atoms. The largest absolute Gasteiger partial charge is 0.478 e. The van der Waals surface area contributed by atoms with Crippen molar-refractivity contribution in [3.63, 3.8) is 0 Å². The van der Waals surface area contributed by atoms with E-state index in [9.17, 15) is 4.79 Å². The molecule has 0 amide bonds. The van der Waals surface area contributed by atoms with Crippen molar-refractivity contribution in [2.75, 3.05) is 0 Å². The monoisotopic (exact) mass is 158 g/mol. The van der Waals surface area contributed by atoms with Crippen LogP contribution in [0.25, 0.3) is 0 Å². The molecule has 0 radical (unpaired) electrons. The molecule has 0 aliphatic carbocycles. The maximum absolute atomic E-state index is 10.2. The van der Waals surface area contributed by atoms with Crippen LogP contribution in [0.1, 0.15) is 26.2 Å². The number of carboxylic acid groups (broad SMARTS) is 1. The maximum atomic E-state index is 10.2. The fourth-order valence-corrected chi connectivity index (χ4v) is 0.718. The van der Waals surface area contributed by atoms with Crippen LogP contribution in [0.2, 0.25) is 0 Å². The minimum absolute atomic E-state index is 0.214. The molecule has 0 unspecified atom stereocenters. The van der Waals surface area contributed by atoms with Gasteiger partial charge >= 0.3 is 5.97 Å². The van der Waals surface area contributed by atoms with Gasteiger partial charge in [-0.2, -0.15) is 0 Å². The summed E-state index contributed by atoms with van der Waals surface area (Å²) < 4.78 is 0. The SMILES string of the molecule is C=C(CCC[C@H](C)O)C(=O)O. The average Bonchev–Trinajstić information content (AvgIpc) is 1.86. The Labute approximate surface area is 66.4 Å². The number of aliphatic hydroxyl groups is 1. The van der Waals surface area contributed by atoms with Crippen LogP contribution < -0.4 is 0 Å². The van der Waals surface area contributed by atoms with Gasteiger partial charge < -0.3 is 10.2 Å². The molecular weight excluding hydrogens is 144 g/mol. The number of aliphatic hydroxyl groups excluding tert-OH is 1. The van der Waals surface area contributed by atoms with E-state index in [2.05, 4.69) is 6.58 Å². The second-order valence-corrected chi connectivity index (χ2v) is 2.65. The molecule has 0 aliphatic heterocycles. The molecule has 1 atom stereocenters. The van der Waals surface area contributed by atoms with Crippen LogP contribution in [0.5, 0.6) is 0 Å². The molecule has 0 aromatic carbocycles. The van der Waals surface area contributed by atoms with Crippen molar-refractivity contribution in [3.05, 3.63) is 12.2 Å². The second-order valence-electron chi connectivity index (χ2n) is 2.65. The van der Waals surface area contributed by atoms with Gasteiger partial charge in [-0.3, -0.25) is 0 Å². The third-order valence-corrected chi connectivity index (χ3v) is 1.40. The Balaban J connectivity index is 3.40. The number of aliphatic carboxylic acids is 1. The van der Waals surface area contributed by atoms with E-state index in [0.29, 0.717) is 19.3 Å². The molecule has 0 fully saturated rings. The minimum atomic E-state index is -0.949. The summed E-state index contributed by atoms with van der Waals surface area (Å²) in [5, 5.41) is 17.2. The molecule has 0 rings (SSSR count). The van der Waals surface area contributed by atoms with E-state index >= 15 is 0 Å². The Morgan fingerprint density at radius 3 is 2.55 bits per heavy atom. The first-order valence-electron chi connectivity index (χ1n) is 3.63. The summed E-state index contributed by atoms with van der Waals surface area (Å²) in [6.45, 7) is 5.05. The minimum Gasteiger partial charge on any atom is -0.478 e. The fourth-order valence-electron chi connectivity index (χ4n) is 0.718. The summed E-state index contributed by atoms with van der Waals surface area (Å²) in [7, 11) is 0. The van der Waals surface area contributed by atoms with Gasteiger partial charge in [0.15, 0.2) is 0 Å². The van der Waals surface area contributed by atoms with E-state index in [1.54, 1.807) is 6.92 Å². The zero-order valence-electron chi connectivity index (χ0n) is 6.71. The Kier molecular flexibility index (Phi) is 4.54. The topological polar surface area (TPSA) is 57.5 Å². The van der Waals surface area contributed by atoms with Gasteiger partial charge in [-0.05, 0) is 26.2 Å². The van der Waals surface area contributed by atoms with Crippen molar-refractivity contribution in [1.29, 1.82) is 0 Å². The highest BCUT2D eigenvalue weighted by Gasteiger charge is 2.03. The lowest BCUT2D eigenvalue weighted by molar-refractivity contribution is -0.132. The summed E-state index contributed by atoms with van der Waals surface area (Å²) in [6, 6.07) is 0. The predicted molar refractivity (Wildman–Crippen MR) is 42.3 cm³/mol. The van der Waals surface area contributed by atoms with Crippen LogP contribution in [-0.2, 0) is 4.79 Å². The molecule has 64 valence electrons. The lowest BCUT2D eigenvalue weighted by Gasteiger charge is -2.02. The fraction of sp³-hybridized carbons (Fsp3) is 0.625. The number of rotatable bonds is 5. The van der Waals surface area contributed by atoms with Crippen molar-refractivity contribution in [2.24, 2.45) is 0 Å². The summed E-state index contributed by atoms with van der Waals surface area (Å²) in [5.41, 5.74) is 0.214. The number of carbonyl (C=O) groups is 1. The molecule has 0 aliphatic rings. The first-order valence-corrected chi connectivity index (χ1v) is 3.63. The lowest BCUT2D eigenvalue weighted by atomic mass is 10.1. The van der Waals surface area contributed by atoms with Gasteiger partial charge in [-0.15, -0.1) is 0 Å². The Hall–Kier alpha value is -0.830. The average molecular weight is 158 g/mol. The summed E-state index contributed by atoms with van der Waals surface area (Å²) in [5.74, 6) is -0.949. The quantitative estimate of drug-likeness (QED) is 0.590. The normalized spacial score (nSPS) is 12.5. The molecule has 0 saturated carbocycles. The maximum Gasteiger partial charge on any atom is 0.330 e. The molecule has 0 spiro atoms. The standard InChI is InChI=1S/C8H14O3/c1-6(8(10)11)4-3-5-7(2)9/h7,9H,1,3-5H2,2H3,(H,10,11)/t7-/m0/s1. The third kappa shape index (κ3) is 5.61. The second kappa shape index (κ2) is 4.91. The summed E-state index contributed by atoms with van der Waals surface area (Å²) in [6.07, 6.45) is 1.42. The Morgan fingerprint density at radius 2 is 2.18 bits per heavy atom. The van der Waals surface area contributed by atoms with Crippen LogP contribution in [0.15, 0.2) is 12.2 Å². The molecule has 3 heteroatoms. The highest BCUT2D eigenvalue weighted by molar-refractivity contribution is 5.85. The van der Waals surface area contributed by atoms with Crippen molar-refractivity contribution in [1.82, 2.24) is 0 Å². The van der Waals surface area contributed by atoms with E-state index < -0.39 is 5.97 Å². The molecular formula is C8H14O3. The van der Waals surface area contributed by atoms with E-state index in [4.69, 9.17) is 10.2 Å². The van der Waals surface area contributed by atoms with Crippen LogP contribution in [0.3, 0.4) is 0 Å². The van der Waals surface area contributed by atoms with Crippen LogP contribution in [0.4, 0.5) is 0 Å². The van der Waals surface area contributed by atoms with Crippen molar-refractivity contribution in [2.45, 2.75) is 32.3 Å². The van der Waals surface area contributed by atoms with Crippen LogP contribution in [0, 0.1) is 0 Å². The Bertz CT molecular complexity index is 149. The van der Waals surface area contributed by atoms with Crippen molar-refractivity contribution in [3.8, 4) is 0 Å². The van der Waals surface area contributed by atoms with Crippen molar-refractivity contribution >= 4 is 5.97 Å². The van der Waals surface area contributed by atoms with Gasteiger partial charge in [0.25, 0.3) is 0 Å². The van der Waals surface area contributed by atoms with Gasteiger partial charge in [-0.1, -0.05) is 6.58 Å². The predicted octanol–water partition coefficient (Wildman–Crippen LogP) is 1.18. The van der Waals surface area contributed by atoms with E-state index in [1.165, 1.54) is 0 Å². The first-order chi connectivity index (χ1) is 5.04. The van der Waals surface area contributed by atoms with Gasteiger partial charge in [0, 0.05) is 5.57 Å². The zero-order chi connectivity index (χ0) is 8.85. The van der Waals surface area contributed by atoms with Crippen LogP contribution >= 0.6 is 0 Å². The molecule has 0 aromatic heterocycles. The first kappa shape index (κ1) is 10.2. The molecule has 0 aromatic rings. The molecule has 0 saturated heterocycles. The van der Waals surface area contributed by atoms with Crippen molar-refractivity contribution < 1.29 is 15.0 Å². The smallest absolute Gasteiger partial charge is 0.330 e. The molecule has 0 heterocycles. The number of hydrogen-bond donors (Lipinski definition) is 2. The van der Waals surface area contributed by atoms with Gasteiger partial charge in [0.05, 0.1) is 6.10 Å². The third-order valence-electron chi connectivity index (χ3n) is 1.40. The van der Waals surface area contributed by atoms with Gasteiger partial charge in [-0.25, -0.2) is 4.79 Å². The highest BCUT2D eigenvalue weighted by Crippen LogP contribution is 2.06. The molecule has 3 nitrogen and oxygen atoms in total. The van der Waals surface area contributed by atoms with E-state index in [1.807, 2.05) is 0 Å². The lowest BCUT2D eigenvalue weighted by Crippen LogP contribution is -2.02. The van der Waals surface area contributed by atoms with E-state index in [-0.39, 0.29) is 11.7 Å². The van der Waals surface area contributed by atoms with Crippen LogP contribution in [-0.4, -0.2) is 22.3 Å². The molecule has 2 N–H and O–H groups in total. The summed E-state index contributed by atoms with van der Waals surface area (Å²) in [4.78, 5) is 10.2. The highest BCUT2D eigenvalue weighted by atomic mass is 16.4.